The van der Waals surface area contributed by atoms with Crippen LogP contribution in [0.5, 0.6) is 0 Å². The van der Waals surface area contributed by atoms with Gasteiger partial charge in [-0.25, -0.2) is 9.98 Å². The Morgan fingerprint density at radius 2 is 1.91 bits per heavy atom. The fourth-order valence-corrected chi connectivity index (χ4v) is 2.89. The van der Waals surface area contributed by atoms with Crippen molar-refractivity contribution in [1.29, 1.82) is 0 Å². The SMILES string of the molecule is CC(=O)Nc1nc(CCCc2ccc(CN=C(N)N)cc2)cs1. The monoisotopic (exact) mass is 331 g/mol. The van der Waals surface area contributed by atoms with E-state index in [4.69, 9.17) is 11.5 Å². The van der Waals surface area contributed by atoms with Crippen molar-refractivity contribution in [2.45, 2.75) is 32.7 Å². The van der Waals surface area contributed by atoms with Crippen molar-refractivity contribution in [3.8, 4) is 0 Å². The Kier molecular flexibility index (Phi) is 6.10. The molecule has 0 aliphatic heterocycles. The predicted molar refractivity (Wildman–Crippen MR) is 94.4 cm³/mol. The normalized spacial score (nSPS) is 10.3. The number of hydrogen-bond donors (Lipinski definition) is 3. The Morgan fingerprint density at radius 3 is 2.57 bits per heavy atom. The molecule has 1 aromatic carbocycles. The van der Waals surface area contributed by atoms with Gasteiger partial charge >= 0.3 is 0 Å². The smallest absolute Gasteiger partial charge is 0.223 e. The minimum absolute atomic E-state index is 0.0910. The molecule has 2 aromatic rings. The third kappa shape index (κ3) is 6.07. The molecule has 6 nitrogen and oxygen atoms in total. The van der Waals surface area contributed by atoms with E-state index < -0.39 is 0 Å². The highest BCUT2D eigenvalue weighted by Gasteiger charge is 2.03. The van der Waals surface area contributed by atoms with Gasteiger partial charge in [0.15, 0.2) is 11.1 Å². The molecule has 1 heterocycles. The van der Waals surface area contributed by atoms with Crippen LogP contribution in [0.25, 0.3) is 0 Å². The summed E-state index contributed by atoms with van der Waals surface area (Å²) in [5.41, 5.74) is 14.0. The van der Waals surface area contributed by atoms with Crippen molar-refractivity contribution in [1.82, 2.24) is 4.98 Å². The van der Waals surface area contributed by atoms with E-state index in [-0.39, 0.29) is 11.9 Å². The number of nitrogens with two attached hydrogens (primary N) is 2. The van der Waals surface area contributed by atoms with Gasteiger partial charge in [0, 0.05) is 12.3 Å². The molecule has 5 N–H and O–H groups in total. The second-order valence-corrected chi connectivity index (χ2v) is 6.09. The Hall–Kier alpha value is -2.41. The molecular formula is C16H21N5OS. The van der Waals surface area contributed by atoms with E-state index in [0.29, 0.717) is 11.7 Å². The van der Waals surface area contributed by atoms with E-state index in [0.717, 1.165) is 30.5 Å². The molecule has 1 aromatic heterocycles. The number of carbonyl (C=O) groups excluding carboxylic acids is 1. The number of nitrogens with one attached hydrogen (secondary N) is 1. The van der Waals surface area contributed by atoms with Gasteiger partial charge < -0.3 is 16.8 Å². The minimum atomic E-state index is -0.0910. The number of anilines is 1. The molecule has 0 spiro atoms. The van der Waals surface area contributed by atoms with Crippen molar-refractivity contribution in [2.75, 3.05) is 5.32 Å². The van der Waals surface area contributed by atoms with Crippen LogP contribution in [0.3, 0.4) is 0 Å². The molecule has 0 atom stereocenters. The minimum Gasteiger partial charge on any atom is -0.370 e. The summed E-state index contributed by atoms with van der Waals surface area (Å²) in [5, 5.41) is 5.35. The van der Waals surface area contributed by atoms with Gasteiger partial charge in [-0.3, -0.25) is 4.79 Å². The molecule has 0 unspecified atom stereocenters. The average molecular weight is 331 g/mol. The molecule has 0 saturated heterocycles. The van der Waals surface area contributed by atoms with Crippen molar-refractivity contribution in [3.05, 3.63) is 46.5 Å². The van der Waals surface area contributed by atoms with Gasteiger partial charge in [0.1, 0.15) is 0 Å². The Balaban J connectivity index is 1.78. The van der Waals surface area contributed by atoms with Crippen molar-refractivity contribution >= 4 is 28.3 Å². The summed E-state index contributed by atoms with van der Waals surface area (Å²) < 4.78 is 0. The van der Waals surface area contributed by atoms with Crippen molar-refractivity contribution in [3.63, 3.8) is 0 Å². The first-order chi connectivity index (χ1) is 11.0. The first kappa shape index (κ1) is 17.0. The fraction of sp³-hybridized carbons (Fsp3) is 0.312. The third-order valence-corrected chi connectivity index (χ3v) is 4.01. The molecule has 0 bridgehead atoms. The lowest BCUT2D eigenvalue weighted by atomic mass is 10.1. The molecule has 0 aliphatic carbocycles. The number of hydrogen-bond acceptors (Lipinski definition) is 4. The quantitative estimate of drug-likeness (QED) is 0.533. The highest BCUT2D eigenvalue weighted by Crippen LogP contribution is 2.17. The fourth-order valence-electron chi connectivity index (χ4n) is 2.10. The van der Waals surface area contributed by atoms with Gasteiger partial charge in [-0.1, -0.05) is 24.3 Å². The first-order valence-electron chi connectivity index (χ1n) is 7.38. The lowest BCUT2D eigenvalue weighted by Crippen LogP contribution is -2.22. The Labute approximate surface area is 139 Å². The van der Waals surface area contributed by atoms with E-state index in [2.05, 4.69) is 27.4 Å². The molecule has 0 saturated carbocycles. The highest BCUT2D eigenvalue weighted by atomic mass is 32.1. The predicted octanol–water partition coefficient (Wildman–Crippen LogP) is 2.05. The maximum absolute atomic E-state index is 11.0. The van der Waals surface area contributed by atoms with Gasteiger partial charge in [-0.2, -0.15) is 0 Å². The summed E-state index contributed by atoms with van der Waals surface area (Å²) >= 11 is 1.46. The number of thiazole rings is 1. The van der Waals surface area contributed by atoms with Crippen LogP contribution in [-0.4, -0.2) is 16.9 Å². The summed E-state index contributed by atoms with van der Waals surface area (Å²) in [4.78, 5) is 19.3. The summed E-state index contributed by atoms with van der Waals surface area (Å²) in [5.74, 6) is 0.0164. The number of rotatable bonds is 7. The maximum Gasteiger partial charge on any atom is 0.223 e. The van der Waals surface area contributed by atoms with E-state index in [1.165, 1.54) is 23.8 Å². The number of aryl methyl sites for hydroxylation is 2. The van der Waals surface area contributed by atoms with Crippen LogP contribution in [-0.2, 0) is 24.2 Å². The topological polar surface area (TPSA) is 106 Å². The second kappa shape index (κ2) is 8.28. The van der Waals surface area contributed by atoms with E-state index in [1.54, 1.807) is 0 Å². The standard InChI is InChI=1S/C16H21N5OS/c1-11(22)20-16-21-14(10-23-16)4-2-3-12-5-7-13(8-6-12)9-19-15(17)18/h5-8,10H,2-4,9H2,1H3,(H4,17,18,19)(H,20,21,22). The highest BCUT2D eigenvalue weighted by molar-refractivity contribution is 7.13. The largest absolute Gasteiger partial charge is 0.370 e. The lowest BCUT2D eigenvalue weighted by molar-refractivity contribution is -0.114. The van der Waals surface area contributed by atoms with Gasteiger partial charge in [0.25, 0.3) is 0 Å². The number of carbonyl (C=O) groups is 1. The van der Waals surface area contributed by atoms with Gasteiger partial charge in [-0.05, 0) is 30.4 Å². The molecule has 122 valence electrons. The molecule has 1 amide bonds. The summed E-state index contributed by atoms with van der Waals surface area (Å²) in [6, 6.07) is 8.28. The zero-order valence-corrected chi connectivity index (χ0v) is 13.9. The van der Waals surface area contributed by atoms with Crippen molar-refractivity contribution in [2.24, 2.45) is 16.5 Å². The van der Waals surface area contributed by atoms with Crippen molar-refractivity contribution < 1.29 is 4.79 Å². The zero-order chi connectivity index (χ0) is 16.7. The second-order valence-electron chi connectivity index (χ2n) is 5.24. The van der Waals surface area contributed by atoms with E-state index >= 15 is 0 Å². The molecular weight excluding hydrogens is 310 g/mol. The van der Waals surface area contributed by atoms with E-state index in [9.17, 15) is 4.79 Å². The molecule has 0 radical (unpaired) electrons. The zero-order valence-electron chi connectivity index (χ0n) is 13.1. The van der Waals surface area contributed by atoms with Crippen LogP contribution in [0.4, 0.5) is 5.13 Å². The Bertz CT molecular complexity index is 674. The number of nitrogens with zero attached hydrogens (tertiary/aromatic N) is 2. The van der Waals surface area contributed by atoms with Crippen LogP contribution in [0, 0.1) is 0 Å². The summed E-state index contributed by atoms with van der Waals surface area (Å²) in [6.07, 6.45) is 2.89. The number of guanidine groups is 1. The number of aromatic nitrogens is 1. The maximum atomic E-state index is 11.0. The van der Waals surface area contributed by atoms with Gasteiger partial charge in [-0.15, -0.1) is 11.3 Å². The Morgan fingerprint density at radius 1 is 1.22 bits per heavy atom. The third-order valence-electron chi connectivity index (χ3n) is 3.20. The molecule has 2 rings (SSSR count). The summed E-state index contributed by atoms with van der Waals surface area (Å²) in [7, 11) is 0. The summed E-state index contributed by atoms with van der Waals surface area (Å²) in [6.45, 7) is 1.99. The van der Waals surface area contributed by atoms with Crippen LogP contribution >= 0.6 is 11.3 Å². The van der Waals surface area contributed by atoms with E-state index in [1.807, 2.05) is 17.5 Å². The van der Waals surface area contributed by atoms with Crippen LogP contribution < -0.4 is 16.8 Å². The lowest BCUT2D eigenvalue weighted by Gasteiger charge is -2.02. The molecule has 0 fully saturated rings. The van der Waals surface area contributed by atoms with Gasteiger partial charge in [0.05, 0.1) is 12.2 Å². The first-order valence-corrected chi connectivity index (χ1v) is 8.26. The number of benzene rings is 1. The van der Waals surface area contributed by atoms with Crippen LogP contribution in [0.2, 0.25) is 0 Å². The number of amides is 1. The van der Waals surface area contributed by atoms with Crippen LogP contribution in [0.15, 0.2) is 34.6 Å². The van der Waals surface area contributed by atoms with Gasteiger partial charge in [0.2, 0.25) is 5.91 Å². The average Bonchev–Trinajstić information content (AvgIpc) is 2.93. The molecule has 23 heavy (non-hydrogen) atoms. The molecule has 7 heteroatoms. The number of aliphatic imine (C=N–C) groups is 1. The van der Waals surface area contributed by atoms with Crippen LogP contribution in [0.1, 0.15) is 30.2 Å². The molecule has 0 aliphatic rings.